The lowest BCUT2D eigenvalue weighted by molar-refractivity contribution is 0.797. The third-order valence-electron chi connectivity index (χ3n) is 3.75. The maximum atomic E-state index is 3.83. The highest BCUT2D eigenvalue weighted by molar-refractivity contribution is 9.10. The van der Waals surface area contributed by atoms with Crippen LogP contribution in [0.3, 0.4) is 0 Å². The summed E-state index contributed by atoms with van der Waals surface area (Å²) in [4.78, 5) is 0. The monoisotopic (exact) mass is 312 g/mol. The maximum absolute atomic E-state index is 3.83. The molecule has 0 aliphatic rings. The van der Waals surface area contributed by atoms with E-state index in [0.717, 1.165) is 6.42 Å². The Morgan fingerprint density at radius 1 is 0.789 bits per heavy atom. The Bertz CT molecular complexity index is 728. The molecule has 3 aromatic rings. The van der Waals surface area contributed by atoms with Crippen molar-refractivity contribution in [2.75, 3.05) is 0 Å². The first-order valence-corrected chi connectivity index (χ1v) is 7.70. The van der Waals surface area contributed by atoms with E-state index < -0.39 is 0 Å². The van der Waals surface area contributed by atoms with Crippen LogP contribution in [0.2, 0.25) is 0 Å². The predicted molar refractivity (Wildman–Crippen MR) is 87.8 cm³/mol. The minimum absolute atomic E-state index is 1.14. The molecule has 0 heterocycles. The van der Waals surface area contributed by atoms with Crippen molar-refractivity contribution >= 4 is 37.5 Å². The molecule has 0 nitrogen and oxygen atoms in total. The van der Waals surface area contributed by atoms with Gasteiger partial charge in [-0.25, -0.2) is 0 Å². The molecule has 0 radical (unpaired) electrons. The molecule has 19 heavy (non-hydrogen) atoms. The van der Waals surface area contributed by atoms with Gasteiger partial charge in [0.25, 0.3) is 0 Å². The van der Waals surface area contributed by atoms with Crippen LogP contribution in [0.25, 0.3) is 21.5 Å². The van der Waals surface area contributed by atoms with E-state index in [0.29, 0.717) is 0 Å². The number of halogens is 1. The number of benzene rings is 3. The summed E-state index contributed by atoms with van der Waals surface area (Å²) >= 11 is 3.83. The van der Waals surface area contributed by atoms with E-state index in [4.69, 9.17) is 0 Å². The molecule has 0 spiro atoms. The van der Waals surface area contributed by atoms with Crippen LogP contribution < -0.4 is 0 Å². The van der Waals surface area contributed by atoms with Crippen molar-refractivity contribution in [2.24, 2.45) is 0 Å². The third-order valence-corrected chi connectivity index (χ3v) is 4.66. The lowest BCUT2D eigenvalue weighted by atomic mass is 9.94. The van der Waals surface area contributed by atoms with Crippen LogP contribution in [0.1, 0.15) is 25.3 Å². The summed E-state index contributed by atoms with van der Waals surface area (Å²) in [5.41, 5.74) is 1.45. The van der Waals surface area contributed by atoms with Crippen molar-refractivity contribution < 1.29 is 0 Å². The molecule has 0 saturated heterocycles. The van der Waals surface area contributed by atoms with Gasteiger partial charge in [-0.05, 0) is 55.9 Å². The van der Waals surface area contributed by atoms with Crippen molar-refractivity contribution in [3.05, 3.63) is 58.6 Å². The van der Waals surface area contributed by atoms with Gasteiger partial charge in [-0.1, -0.05) is 61.9 Å². The molecule has 3 rings (SSSR count). The van der Waals surface area contributed by atoms with Gasteiger partial charge in [0.1, 0.15) is 0 Å². The van der Waals surface area contributed by atoms with Gasteiger partial charge < -0.3 is 0 Å². The van der Waals surface area contributed by atoms with Crippen LogP contribution in [-0.4, -0.2) is 0 Å². The molecule has 0 aliphatic carbocycles. The highest BCUT2D eigenvalue weighted by Gasteiger charge is 2.11. The van der Waals surface area contributed by atoms with E-state index in [-0.39, 0.29) is 0 Å². The van der Waals surface area contributed by atoms with Crippen LogP contribution in [-0.2, 0) is 6.42 Å². The largest absolute Gasteiger partial charge is 0.0654 e. The lowest BCUT2D eigenvalue weighted by Crippen LogP contribution is -1.91. The number of hydrogen-bond donors (Lipinski definition) is 0. The standard InChI is InChI=1S/C18H17Br/c1-2-3-8-16-14-10-5-4-9-13(14)15-11-6-7-12-17(15)18(16)19/h4-7,9-12H,2-3,8H2,1H3. The molecule has 3 aromatic carbocycles. The van der Waals surface area contributed by atoms with Gasteiger partial charge in [-0.3, -0.25) is 0 Å². The van der Waals surface area contributed by atoms with Crippen molar-refractivity contribution in [1.29, 1.82) is 0 Å². The first-order chi connectivity index (χ1) is 9.33. The Labute approximate surface area is 122 Å². The van der Waals surface area contributed by atoms with E-state index in [1.54, 1.807) is 0 Å². The highest BCUT2D eigenvalue weighted by atomic mass is 79.9. The first-order valence-electron chi connectivity index (χ1n) is 6.90. The number of rotatable bonds is 3. The Hall–Kier alpha value is -1.34. The fourth-order valence-electron chi connectivity index (χ4n) is 2.77. The number of unbranched alkanes of at least 4 members (excludes halogenated alkanes) is 1. The minimum Gasteiger partial charge on any atom is -0.0654 e. The summed E-state index contributed by atoms with van der Waals surface area (Å²) in [7, 11) is 0. The van der Waals surface area contributed by atoms with Crippen molar-refractivity contribution in [3.8, 4) is 0 Å². The zero-order valence-corrected chi connectivity index (χ0v) is 12.7. The number of aryl methyl sites for hydroxylation is 1. The Kier molecular flexibility index (Phi) is 3.56. The first kappa shape index (κ1) is 12.7. The van der Waals surface area contributed by atoms with Crippen LogP contribution in [0.15, 0.2) is 53.0 Å². The summed E-state index contributed by atoms with van der Waals surface area (Å²) in [6.45, 7) is 2.25. The van der Waals surface area contributed by atoms with Gasteiger partial charge in [0.05, 0.1) is 0 Å². The van der Waals surface area contributed by atoms with E-state index in [1.165, 1.54) is 44.4 Å². The Morgan fingerprint density at radius 2 is 1.32 bits per heavy atom. The van der Waals surface area contributed by atoms with Crippen molar-refractivity contribution in [2.45, 2.75) is 26.2 Å². The molecule has 1 heteroatoms. The molecule has 0 atom stereocenters. The van der Waals surface area contributed by atoms with E-state index in [9.17, 15) is 0 Å². The van der Waals surface area contributed by atoms with E-state index >= 15 is 0 Å². The zero-order chi connectivity index (χ0) is 13.2. The van der Waals surface area contributed by atoms with E-state index in [2.05, 4.69) is 71.4 Å². The van der Waals surface area contributed by atoms with E-state index in [1.807, 2.05) is 0 Å². The molecule has 0 aromatic heterocycles. The number of fused-ring (bicyclic) bond motifs is 3. The average molecular weight is 313 g/mol. The quantitative estimate of drug-likeness (QED) is 0.513. The third kappa shape index (κ3) is 2.17. The zero-order valence-electron chi connectivity index (χ0n) is 11.1. The molecule has 0 saturated carbocycles. The Balaban J connectivity index is 2.40. The summed E-state index contributed by atoms with van der Waals surface area (Å²) < 4.78 is 1.27. The highest BCUT2D eigenvalue weighted by Crippen LogP contribution is 2.36. The van der Waals surface area contributed by atoms with Crippen LogP contribution >= 0.6 is 15.9 Å². The second-order valence-electron chi connectivity index (χ2n) is 4.99. The predicted octanol–water partition coefficient (Wildman–Crippen LogP) is 6.10. The minimum atomic E-state index is 1.14. The fraction of sp³-hybridized carbons (Fsp3) is 0.222. The van der Waals surface area contributed by atoms with Crippen LogP contribution in [0, 0.1) is 0 Å². The SMILES string of the molecule is CCCCc1c(Br)c2ccccc2c2ccccc12. The smallest absolute Gasteiger partial charge is 0.0292 e. The average Bonchev–Trinajstić information content (AvgIpc) is 2.47. The van der Waals surface area contributed by atoms with Gasteiger partial charge in [0, 0.05) is 4.47 Å². The molecule has 0 fully saturated rings. The summed E-state index contributed by atoms with van der Waals surface area (Å²) in [6.07, 6.45) is 3.61. The molecular weight excluding hydrogens is 296 g/mol. The fourth-order valence-corrected chi connectivity index (χ4v) is 3.53. The topological polar surface area (TPSA) is 0 Å². The van der Waals surface area contributed by atoms with Gasteiger partial charge in [-0.15, -0.1) is 0 Å². The van der Waals surface area contributed by atoms with Crippen LogP contribution in [0.4, 0.5) is 0 Å². The molecule has 0 amide bonds. The maximum Gasteiger partial charge on any atom is 0.0292 e. The molecule has 0 bridgehead atoms. The van der Waals surface area contributed by atoms with Crippen molar-refractivity contribution in [1.82, 2.24) is 0 Å². The van der Waals surface area contributed by atoms with Gasteiger partial charge in [0.2, 0.25) is 0 Å². The van der Waals surface area contributed by atoms with Gasteiger partial charge in [-0.2, -0.15) is 0 Å². The molecular formula is C18H17Br. The summed E-state index contributed by atoms with van der Waals surface area (Å²) in [6, 6.07) is 17.4. The second-order valence-corrected chi connectivity index (χ2v) is 5.78. The molecule has 0 unspecified atom stereocenters. The van der Waals surface area contributed by atoms with Crippen molar-refractivity contribution in [3.63, 3.8) is 0 Å². The van der Waals surface area contributed by atoms with Crippen LogP contribution in [0.5, 0.6) is 0 Å². The summed E-state index contributed by atoms with van der Waals surface area (Å²) in [5.74, 6) is 0. The molecule has 96 valence electrons. The lowest BCUT2D eigenvalue weighted by Gasteiger charge is -2.13. The van der Waals surface area contributed by atoms with Gasteiger partial charge in [0.15, 0.2) is 0 Å². The summed E-state index contributed by atoms with van der Waals surface area (Å²) in [5, 5.41) is 5.42. The molecule has 0 aliphatic heterocycles. The second kappa shape index (κ2) is 5.34. The van der Waals surface area contributed by atoms with Gasteiger partial charge >= 0.3 is 0 Å². The molecule has 0 N–H and O–H groups in total. The number of hydrogen-bond acceptors (Lipinski definition) is 0. The normalized spacial score (nSPS) is 11.3. The Morgan fingerprint density at radius 3 is 1.95 bits per heavy atom.